The lowest BCUT2D eigenvalue weighted by Crippen LogP contribution is -2.32. The van der Waals surface area contributed by atoms with Crippen molar-refractivity contribution in [2.45, 2.75) is 12.8 Å². The van der Waals surface area contributed by atoms with Gasteiger partial charge in [-0.2, -0.15) is 0 Å². The average Bonchev–Trinajstić information content (AvgIpc) is 2.56. The first-order valence-corrected chi connectivity index (χ1v) is 7.59. The van der Waals surface area contributed by atoms with Crippen LogP contribution in [0.2, 0.25) is 0 Å². The van der Waals surface area contributed by atoms with Gasteiger partial charge in [0.2, 0.25) is 0 Å². The van der Waals surface area contributed by atoms with Crippen molar-refractivity contribution in [2.75, 3.05) is 45.8 Å². The molecule has 1 aromatic carbocycles. The number of anilines is 1. The Morgan fingerprint density at radius 2 is 1.57 bits per heavy atom. The van der Waals surface area contributed by atoms with Crippen LogP contribution >= 0.6 is 0 Å². The van der Waals surface area contributed by atoms with Crippen molar-refractivity contribution in [2.24, 2.45) is 0 Å². The summed E-state index contributed by atoms with van der Waals surface area (Å²) in [4.78, 5) is 24.0. The zero-order chi connectivity index (χ0) is 16.9. The molecule has 0 bridgehead atoms. The summed E-state index contributed by atoms with van der Waals surface area (Å²) in [6.45, 7) is 2.19. The van der Waals surface area contributed by atoms with Gasteiger partial charge in [-0.1, -0.05) is 12.1 Å². The Morgan fingerprint density at radius 3 is 2.22 bits per heavy atom. The maximum absolute atomic E-state index is 12.2. The summed E-state index contributed by atoms with van der Waals surface area (Å²) in [5, 5.41) is 8.21. The first kappa shape index (κ1) is 18.9. The molecule has 0 aliphatic heterocycles. The molecule has 23 heavy (non-hydrogen) atoms. The highest BCUT2D eigenvalue weighted by atomic mass is 16.5. The number of amides is 3. The smallest absolute Gasteiger partial charge is 0.319 e. The van der Waals surface area contributed by atoms with Crippen LogP contribution < -0.4 is 16.0 Å². The van der Waals surface area contributed by atoms with Gasteiger partial charge in [0.05, 0.1) is 11.3 Å². The topological polar surface area (TPSA) is 88.7 Å². The molecule has 7 heteroatoms. The van der Waals surface area contributed by atoms with Crippen LogP contribution in [0, 0.1) is 0 Å². The number of carbonyl (C=O) groups excluding carboxylic acids is 2. The third kappa shape index (κ3) is 7.62. The first-order chi connectivity index (χ1) is 11.2. The van der Waals surface area contributed by atoms with Crippen LogP contribution in [-0.4, -0.2) is 52.5 Å². The minimum absolute atomic E-state index is 0.226. The van der Waals surface area contributed by atoms with Crippen LogP contribution in [0.25, 0.3) is 0 Å². The Balaban J connectivity index is 2.52. The Morgan fingerprint density at radius 1 is 0.957 bits per heavy atom. The van der Waals surface area contributed by atoms with E-state index in [1.165, 1.54) is 0 Å². The van der Waals surface area contributed by atoms with Crippen molar-refractivity contribution < 1.29 is 19.1 Å². The molecule has 3 amide bonds. The molecule has 0 unspecified atom stereocenters. The maximum Gasteiger partial charge on any atom is 0.319 e. The van der Waals surface area contributed by atoms with Crippen molar-refractivity contribution in [3.63, 3.8) is 0 Å². The second kappa shape index (κ2) is 11.4. The summed E-state index contributed by atoms with van der Waals surface area (Å²) >= 11 is 0. The number of urea groups is 1. The van der Waals surface area contributed by atoms with E-state index in [9.17, 15) is 9.59 Å². The predicted octanol–water partition coefficient (Wildman–Crippen LogP) is 1.61. The number of hydrogen-bond donors (Lipinski definition) is 3. The Hall–Kier alpha value is -2.12. The lowest BCUT2D eigenvalue weighted by molar-refractivity contribution is 0.0949. The summed E-state index contributed by atoms with van der Waals surface area (Å²) in [5.74, 6) is -0.226. The van der Waals surface area contributed by atoms with Crippen LogP contribution in [0.4, 0.5) is 10.5 Å². The van der Waals surface area contributed by atoms with E-state index in [-0.39, 0.29) is 11.9 Å². The van der Waals surface area contributed by atoms with Gasteiger partial charge in [0.1, 0.15) is 0 Å². The van der Waals surface area contributed by atoms with Crippen LogP contribution in [0.3, 0.4) is 0 Å². The van der Waals surface area contributed by atoms with Crippen LogP contribution in [-0.2, 0) is 9.47 Å². The van der Waals surface area contributed by atoms with E-state index >= 15 is 0 Å². The maximum atomic E-state index is 12.2. The number of hydrogen-bond acceptors (Lipinski definition) is 4. The van der Waals surface area contributed by atoms with Gasteiger partial charge in [0, 0.05) is 40.5 Å². The number of nitrogens with one attached hydrogen (secondary N) is 3. The van der Waals surface area contributed by atoms with E-state index in [1.807, 2.05) is 0 Å². The SMILES string of the molecule is COCCCNC(=O)Nc1ccccc1C(=O)NCCCOC. The minimum atomic E-state index is -0.347. The molecule has 0 aromatic heterocycles. The van der Waals surface area contributed by atoms with E-state index in [4.69, 9.17) is 9.47 Å². The Labute approximate surface area is 136 Å². The molecule has 3 N–H and O–H groups in total. The van der Waals surface area contributed by atoms with Gasteiger partial charge in [-0.05, 0) is 25.0 Å². The highest BCUT2D eigenvalue weighted by Gasteiger charge is 2.12. The van der Waals surface area contributed by atoms with Crippen LogP contribution in [0.15, 0.2) is 24.3 Å². The van der Waals surface area contributed by atoms with Crippen molar-refractivity contribution in [1.29, 1.82) is 0 Å². The highest BCUT2D eigenvalue weighted by Crippen LogP contribution is 2.14. The zero-order valence-electron chi connectivity index (χ0n) is 13.7. The molecule has 0 atom stereocenters. The van der Waals surface area contributed by atoms with Gasteiger partial charge in [-0.3, -0.25) is 4.79 Å². The number of benzene rings is 1. The van der Waals surface area contributed by atoms with Gasteiger partial charge in [0.25, 0.3) is 5.91 Å². The fraction of sp³-hybridized carbons (Fsp3) is 0.500. The van der Waals surface area contributed by atoms with Crippen molar-refractivity contribution in [3.05, 3.63) is 29.8 Å². The molecule has 128 valence electrons. The second-order valence-electron chi connectivity index (χ2n) is 4.88. The number of rotatable bonds is 10. The molecule has 0 radical (unpaired) electrons. The molecule has 7 nitrogen and oxygen atoms in total. The predicted molar refractivity (Wildman–Crippen MR) is 88.8 cm³/mol. The molecule has 0 fully saturated rings. The highest BCUT2D eigenvalue weighted by molar-refractivity contribution is 6.03. The number of carbonyl (C=O) groups is 2. The van der Waals surface area contributed by atoms with E-state index in [1.54, 1.807) is 38.5 Å². The monoisotopic (exact) mass is 323 g/mol. The minimum Gasteiger partial charge on any atom is -0.385 e. The molecule has 0 saturated heterocycles. The Bertz CT molecular complexity index is 494. The molecule has 0 aliphatic carbocycles. The normalized spacial score (nSPS) is 10.2. The van der Waals surface area contributed by atoms with Crippen molar-refractivity contribution >= 4 is 17.6 Å². The van der Waals surface area contributed by atoms with E-state index in [0.717, 1.165) is 12.8 Å². The lowest BCUT2D eigenvalue weighted by Gasteiger charge is -2.12. The zero-order valence-corrected chi connectivity index (χ0v) is 13.7. The molecule has 0 saturated carbocycles. The third-order valence-electron chi connectivity index (χ3n) is 3.04. The molecule has 0 aliphatic rings. The van der Waals surface area contributed by atoms with E-state index in [0.29, 0.717) is 37.6 Å². The third-order valence-corrected chi connectivity index (χ3v) is 3.04. The van der Waals surface area contributed by atoms with Gasteiger partial charge in [-0.15, -0.1) is 0 Å². The molecular weight excluding hydrogens is 298 g/mol. The standard InChI is InChI=1S/C16H25N3O4/c1-22-11-5-9-17-15(20)13-7-3-4-8-14(13)19-16(21)18-10-6-12-23-2/h3-4,7-8H,5-6,9-12H2,1-2H3,(H,17,20)(H2,18,19,21). The summed E-state index contributed by atoms with van der Waals surface area (Å²) in [6.07, 6.45) is 1.46. The van der Waals surface area contributed by atoms with Gasteiger partial charge in [-0.25, -0.2) is 4.79 Å². The van der Waals surface area contributed by atoms with Crippen LogP contribution in [0.1, 0.15) is 23.2 Å². The quantitative estimate of drug-likeness (QED) is 0.571. The summed E-state index contributed by atoms with van der Waals surface area (Å²) < 4.78 is 9.85. The van der Waals surface area contributed by atoms with Crippen molar-refractivity contribution in [3.8, 4) is 0 Å². The summed E-state index contributed by atoms with van der Waals surface area (Å²) in [6, 6.07) is 6.54. The molecule has 1 rings (SSSR count). The van der Waals surface area contributed by atoms with Gasteiger partial charge in [0.15, 0.2) is 0 Å². The number of methoxy groups -OCH3 is 2. The lowest BCUT2D eigenvalue weighted by atomic mass is 10.1. The largest absolute Gasteiger partial charge is 0.385 e. The van der Waals surface area contributed by atoms with E-state index < -0.39 is 0 Å². The molecule has 0 spiro atoms. The summed E-state index contributed by atoms with van der Waals surface area (Å²) in [5.41, 5.74) is 0.901. The average molecular weight is 323 g/mol. The summed E-state index contributed by atoms with van der Waals surface area (Å²) in [7, 11) is 3.23. The fourth-order valence-corrected chi connectivity index (χ4v) is 1.89. The fourth-order valence-electron chi connectivity index (χ4n) is 1.89. The second-order valence-corrected chi connectivity index (χ2v) is 4.88. The van der Waals surface area contributed by atoms with Crippen molar-refractivity contribution in [1.82, 2.24) is 10.6 Å². The Kier molecular flexibility index (Phi) is 9.42. The van der Waals surface area contributed by atoms with Crippen LogP contribution in [0.5, 0.6) is 0 Å². The van der Waals surface area contributed by atoms with Gasteiger partial charge >= 0.3 is 6.03 Å². The molecule has 0 heterocycles. The number of para-hydroxylation sites is 1. The van der Waals surface area contributed by atoms with Gasteiger partial charge < -0.3 is 25.4 Å². The number of ether oxygens (including phenoxy) is 2. The molecular formula is C16H25N3O4. The van der Waals surface area contributed by atoms with E-state index in [2.05, 4.69) is 16.0 Å². The molecule has 1 aromatic rings. The first-order valence-electron chi connectivity index (χ1n) is 7.59.